The smallest absolute Gasteiger partial charge is 0.340 e. The number of ether oxygens (including phenoxy) is 2. The van der Waals surface area contributed by atoms with Crippen molar-refractivity contribution in [3.05, 3.63) is 33.6 Å². The van der Waals surface area contributed by atoms with Crippen LogP contribution in [0.4, 0.5) is 15.8 Å². The van der Waals surface area contributed by atoms with Crippen LogP contribution in [0.25, 0.3) is 0 Å². The molecule has 1 N–H and O–H groups in total. The normalized spacial score (nSPS) is 10.2. The van der Waals surface area contributed by atoms with Crippen molar-refractivity contribution in [2.24, 2.45) is 0 Å². The van der Waals surface area contributed by atoms with E-state index in [1.165, 1.54) is 7.11 Å². The van der Waals surface area contributed by atoms with Crippen LogP contribution in [0.3, 0.4) is 0 Å². The predicted octanol–water partition coefficient (Wildman–Crippen LogP) is 1.97. The van der Waals surface area contributed by atoms with Gasteiger partial charge in [-0.25, -0.2) is 9.18 Å². The first kappa shape index (κ1) is 15.8. The molecule has 1 rings (SSSR count). The molecular formula is C12H15FN2O5. The van der Waals surface area contributed by atoms with Crippen molar-refractivity contribution < 1.29 is 23.6 Å². The summed E-state index contributed by atoms with van der Waals surface area (Å²) < 4.78 is 22.9. The van der Waals surface area contributed by atoms with Crippen LogP contribution >= 0.6 is 0 Å². The molecule has 8 heteroatoms. The maximum absolute atomic E-state index is 13.6. The van der Waals surface area contributed by atoms with Crippen LogP contribution in [0.2, 0.25) is 0 Å². The third-order valence-electron chi connectivity index (χ3n) is 2.53. The van der Waals surface area contributed by atoms with Gasteiger partial charge in [0.15, 0.2) is 0 Å². The molecule has 0 unspecified atom stereocenters. The minimum atomic E-state index is -0.994. The lowest BCUT2D eigenvalue weighted by Crippen LogP contribution is -2.10. The van der Waals surface area contributed by atoms with Gasteiger partial charge in [-0.2, -0.15) is 0 Å². The Morgan fingerprint density at radius 1 is 1.45 bits per heavy atom. The van der Waals surface area contributed by atoms with Crippen molar-refractivity contribution in [2.45, 2.75) is 6.42 Å². The fourth-order valence-corrected chi connectivity index (χ4v) is 1.56. The Morgan fingerprint density at radius 3 is 2.70 bits per heavy atom. The lowest BCUT2D eigenvalue weighted by molar-refractivity contribution is -0.384. The van der Waals surface area contributed by atoms with Crippen LogP contribution in [0.1, 0.15) is 16.8 Å². The summed E-state index contributed by atoms with van der Waals surface area (Å²) in [4.78, 5) is 21.5. The molecular weight excluding hydrogens is 271 g/mol. The number of carbonyl (C=O) groups excluding carboxylic acids is 1. The van der Waals surface area contributed by atoms with Gasteiger partial charge in [-0.15, -0.1) is 0 Å². The molecule has 20 heavy (non-hydrogen) atoms. The van der Waals surface area contributed by atoms with Gasteiger partial charge in [0, 0.05) is 20.3 Å². The molecule has 0 aliphatic rings. The van der Waals surface area contributed by atoms with Gasteiger partial charge in [0.1, 0.15) is 11.5 Å². The summed E-state index contributed by atoms with van der Waals surface area (Å²) >= 11 is 0. The molecule has 7 nitrogen and oxygen atoms in total. The maximum atomic E-state index is 13.6. The topological polar surface area (TPSA) is 90.7 Å². The highest BCUT2D eigenvalue weighted by molar-refractivity contribution is 5.91. The molecule has 0 fully saturated rings. The van der Waals surface area contributed by atoms with Crippen molar-refractivity contribution in [2.75, 3.05) is 32.7 Å². The Balaban J connectivity index is 3.04. The summed E-state index contributed by atoms with van der Waals surface area (Å²) in [5.74, 6) is -1.89. The van der Waals surface area contributed by atoms with Gasteiger partial charge in [-0.1, -0.05) is 0 Å². The third-order valence-corrected chi connectivity index (χ3v) is 2.53. The molecule has 0 amide bonds. The quantitative estimate of drug-likeness (QED) is 0.356. The fraction of sp³-hybridized carbons (Fsp3) is 0.417. The standard InChI is InChI=1S/C12H15FN2O5/c1-19-5-3-4-14-10-6-8(12(16)20-2)9(13)7-11(10)15(17)18/h6-7,14H,3-5H2,1-2H3. The number of hydrogen-bond donors (Lipinski definition) is 1. The van der Waals surface area contributed by atoms with E-state index in [1.807, 2.05) is 0 Å². The number of anilines is 1. The Bertz CT molecular complexity index is 507. The molecule has 0 aliphatic heterocycles. The molecule has 0 aliphatic carbocycles. The first-order valence-corrected chi connectivity index (χ1v) is 5.80. The number of nitro benzene ring substituents is 1. The number of benzene rings is 1. The molecule has 1 aromatic rings. The second-order valence-corrected chi connectivity index (χ2v) is 3.87. The Labute approximate surface area is 114 Å². The van der Waals surface area contributed by atoms with Crippen molar-refractivity contribution in [3.8, 4) is 0 Å². The molecule has 0 bridgehead atoms. The van der Waals surface area contributed by atoms with Gasteiger partial charge in [0.25, 0.3) is 5.69 Å². The summed E-state index contributed by atoms with van der Waals surface area (Å²) in [6.45, 7) is 0.868. The molecule has 0 saturated heterocycles. The van der Waals surface area contributed by atoms with Crippen LogP contribution < -0.4 is 5.32 Å². The van der Waals surface area contributed by atoms with Gasteiger partial charge < -0.3 is 14.8 Å². The SMILES string of the molecule is COCCCNc1cc(C(=O)OC)c(F)cc1[N+](=O)[O-]. The van der Waals surface area contributed by atoms with E-state index in [2.05, 4.69) is 10.1 Å². The fourth-order valence-electron chi connectivity index (χ4n) is 1.56. The Morgan fingerprint density at radius 2 is 2.15 bits per heavy atom. The Kier molecular flexibility index (Phi) is 5.85. The summed E-state index contributed by atoms with van der Waals surface area (Å²) in [6, 6.07) is 1.77. The molecule has 0 spiro atoms. The number of rotatable bonds is 7. The highest BCUT2D eigenvalue weighted by atomic mass is 19.1. The third kappa shape index (κ3) is 3.89. The number of halogens is 1. The van der Waals surface area contributed by atoms with E-state index in [1.54, 1.807) is 0 Å². The average molecular weight is 286 g/mol. The largest absolute Gasteiger partial charge is 0.465 e. The number of nitro groups is 1. The highest BCUT2D eigenvalue weighted by Crippen LogP contribution is 2.28. The molecule has 0 aromatic heterocycles. The van der Waals surface area contributed by atoms with E-state index in [9.17, 15) is 19.3 Å². The summed E-state index contributed by atoms with van der Waals surface area (Å²) in [7, 11) is 2.64. The number of hydrogen-bond acceptors (Lipinski definition) is 6. The van der Waals surface area contributed by atoms with E-state index in [4.69, 9.17) is 4.74 Å². The van der Waals surface area contributed by atoms with Crippen LogP contribution in [0, 0.1) is 15.9 Å². The van der Waals surface area contributed by atoms with Gasteiger partial charge in [0.05, 0.1) is 23.7 Å². The van der Waals surface area contributed by atoms with Gasteiger partial charge >= 0.3 is 5.97 Å². The van der Waals surface area contributed by atoms with Crippen molar-refractivity contribution in [1.29, 1.82) is 0 Å². The van der Waals surface area contributed by atoms with E-state index < -0.39 is 22.4 Å². The van der Waals surface area contributed by atoms with Crippen molar-refractivity contribution in [3.63, 3.8) is 0 Å². The first-order valence-electron chi connectivity index (χ1n) is 5.80. The van der Waals surface area contributed by atoms with Gasteiger partial charge in [0.2, 0.25) is 0 Å². The van der Waals surface area contributed by atoms with Gasteiger partial charge in [-0.05, 0) is 12.5 Å². The molecule has 0 atom stereocenters. The summed E-state index contributed by atoms with van der Waals surface area (Å²) in [5.41, 5.74) is -0.729. The molecule has 0 saturated carbocycles. The van der Waals surface area contributed by atoms with Crippen molar-refractivity contribution in [1.82, 2.24) is 0 Å². The van der Waals surface area contributed by atoms with E-state index >= 15 is 0 Å². The molecule has 0 heterocycles. The van der Waals surface area contributed by atoms with Gasteiger partial charge in [-0.3, -0.25) is 10.1 Å². The maximum Gasteiger partial charge on any atom is 0.340 e. The second kappa shape index (κ2) is 7.39. The first-order chi connectivity index (χ1) is 9.51. The van der Waals surface area contributed by atoms with Crippen LogP contribution in [-0.4, -0.2) is 38.3 Å². The number of nitrogens with one attached hydrogen (secondary N) is 1. The summed E-state index contributed by atoms with van der Waals surface area (Å²) in [6.07, 6.45) is 0.610. The van der Waals surface area contributed by atoms with Crippen molar-refractivity contribution >= 4 is 17.3 Å². The minimum Gasteiger partial charge on any atom is -0.465 e. The zero-order chi connectivity index (χ0) is 15.1. The zero-order valence-corrected chi connectivity index (χ0v) is 11.1. The highest BCUT2D eigenvalue weighted by Gasteiger charge is 2.22. The average Bonchev–Trinajstić information content (AvgIpc) is 2.43. The number of nitrogens with zero attached hydrogens (tertiary/aromatic N) is 1. The zero-order valence-electron chi connectivity index (χ0n) is 11.1. The molecule has 0 radical (unpaired) electrons. The van der Waals surface area contributed by atoms with Crippen LogP contribution in [-0.2, 0) is 9.47 Å². The van der Waals surface area contributed by atoms with Crippen LogP contribution in [0.15, 0.2) is 12.1 Å². The van der Waals surface area contributed by atoms with E-state index in [-0.39, 0.29) is 11.3 Å². The number of carbonyl (C=O) groups is 1. The predicted molar refractivity (Wildman–Crippen MR) is 69.4 cm³/mol. The molecule has 1 aromatic carbocycles. The minimum absolute atomic E-state index is 0.0629. The lowest BCUT2D eigenvalue weighted by atomic mass is 10.1. The molecule has 110 valence electrons. The van der Waals surface area contributed by atoms with E-state index in [0.717, 1.165) is 13.2 Å². The Hall–Kier alpha value is -2.22. The van der Waals surface area contributed by atoms with Crippen LogP contribution in [0.5, 0.6) is 0 Å². The number of esters is 1. The van der Waals surface area contributed by atoms with E-state index in [0.29, 0.717) is 25.6 Å². The number of methoxy groups -OCH3 is 2. The second-order valence-electron chi connectivity index (χ2n) is 3.87. The monoisotopic (exact) mass is 286 g/mol. The summed E-state index contributed by atoms with van der Waals surface area (Å²) in [5, 5.41) is 13.7. The lowest BCUT2D eigenvalue weighted by Gasteiger charge is -2.09.